The van der Waals surface area contributed by atoms with E-state index in [9.17, 15) is 4.79 Å². The molecule has 0 bridgehead atoms. The van der Waals surface area contributed by atoms with Gasteiger partial charge in [-0.3, -0.25) is 9.93 Å². The van der Waals surface area contributed by atoms with Crippen molar-refractivity contribution in [2.45, 2.75) is 11.4 Å². The first-order valence-electron chi connectivity index (χ1n) is 8.51. The number of carbonyl (C=O) groups is 1. The molecule has 9 heteroatoms. The molecule has 0 atom stereocenters. The average molecular weight is 479 g/mol. The van der Waals surface area contributed by atoms with Crippen molar-refractivity contribution in [1.29, 1.82) is 5.26 Å². The maximum absolute atomic E-state index is 12.4. The molecule has 0 heterocycles. The van der Waals surface area contributed by atoms with Crippen LogP contribution in [-0.2, 0) is 6.54 Å². The molecule has 152 valence electrons. The van der Waals surface area contributed by atoms with Gasteiger partial charge in [-0.15, -0.1) is 0 Å². The summed E-state index contributed by atoms with van der Waals surface area (Å²) in [5.41, 5.74) is 1.59. The highest BCUT2D eigenvalue weighted by Crippen LogP contribution is 2.32. The van der Waals surface area contributed by atoms with Gasteiger partial charge >= 0.3 is 0 Å². The molecule has 3 N–H and O–H groups in total. The van der Waals surface area contributed by atoms with Crippen LogP contribution >= 0.6 is 46.8 Å². The Balaban J connectivity index is 1.73. The van der Waals surface area contributed by atoms with Gasteiger partial charge in [0.1, 0.15) is 11.5 Å². The molecule has 5 nitrogen and oxygen atoms in total. The SMILES string of the molecule is N#Cc1cc(Cl)cc(Oc2cc(CNC(=O)c3ccc(Cl)c(SN)c3)ccc2Cl)c1. The molecule has 0 aromatic heterocycles. The minimum absolute atomic E-state index is 0.249. The summed E-state index contributed by atoms with van der Waals surface area (Å²) in [6.07, 6.45) is 0. The average Bonchev–Trinajstić information content (AvgIpc) is 2.73. The Morgan fingerprint density at radius 3 is 2.57 bits per heavy atom. The highest BCUT2D eigenvalue weighted by atomic mass is 35.5. The molecule has 0 spiro atoms. The van der Waals surface area contributed by atoms with Crippen molar-refractivity contribution in [1.82, 2.24) is 5.32 Å². The zero-order chi connectivity index (χ0) is 21.7. The Morgan fingerprint density at radius 2 is 1.83 bits per heavy atom. The zero-order valence-corrected chi connectivity index (χ0v) is 18.4. The normalized spacial score (nSPS) is 10.4. The summed E-state index contributed by atoms with van der Waals surface area (Å²) in [4.78, 5) is 13.1. The molecule has 1 amide bonds. The van der Waals surface area contributed by atoms with Gasteiger partial charge in [-0.05, 0) is 66.0 Å². The quantitative estimate of drug-likeness (QED) is 0.411. The van der Waals surface area contributed by atoms with Crippen LogP contribution in [0.1, 0.15) is 21.5 Å². The van der Waals surface area contributed by atoms with Gasteiger partial charge in [-0.1, -0.05) is 40.9 Å². The lowest BCUT2D eigenvalue weighted by Crippen LogP contribution is -2.22. The lowest BCUT2D eigenvalue weighted by atomic mass is 10.2. The van der Waals surface area contributed by atoms with E-state index in [0.717, 1.165) is 17.5 Å². The molecule has 0 aliphatic rings. The molecule has 3 aromatic carbocycles. The van der Waals surface area contributed by atoms with E-state index in [1.165, 1.54) is 6.07 Å². The van der Waals surface area contributed by atoms with Crippen molar-refractivity contribution in [2.24, 2.45) is 5.14 Å². The van der Waals surface area contributed by atoms with Crippen molar-refractivity contribution in [3.8, 4) is 17.6 Å². The Labute approximate surface area is 192 Å². The molecule has 0 aliphatic carbocycles. The van der Waals surface area contributed by atoms with Gasteiger partial charge in [-0.2, -0.15) is 5.26 Å². The number of benzene rings is 3. The number of nitrogens with one attached hydrogen (secondary N) is 1. The molecule has 3 aromatic rings. The molecule has 0 aliphatic heterocycles. The maximum Gasteiger partial charge on any atom is 0.251 e. The van der Waals surface area contributed by atoms with Crippen molar-refractivity contribution in [3.05, 3.63) is 86.4 Å². The van der Waals surface area contributed by atoms with Gasteiger partial charge in [0, 0.05) is 22.0 Å². The number of carbonyl (C=O) groups excluding carboxylic acids is 1. The number of nitrogens with zero attached hydrogens (tertiary/aromatic N) is 1. The fraction of sp³-hybridized carbons (Fsp3) is 0.0476. The van der Waals surface area contributed by atoms with Crippen LogP contribution in [0, 0.1) is 11.3 Å². The Hall–Kier alpha value is -2.40. The first kappa shape index (κ1) is 22.3. The lowest BCUT2D eigenvalue weighted by Gasteiger charge is -2.11. The topological polar surface area (TPSA) is 88.1 Å². The van der Waals surface area contributed by atoms with Crippen LogP contribution in [-0.4, -0.2) is 5.91 Å². The number of hydrogen-bond acceptors (Lipinski definition) is 5. The third-order valence-electron chi connectivity index (χ3n) is 4.00. The highest BCUT2D eigenvalue weighted by molar-refractivity contribution is 7.97. The van der Waals surface area contributed by atoms with Crippen LogP contribution in [0.25, 0.3) is 0 Å². The number of nitriles is 1. The largest absolute Gasteiger partial charge is 0.456 e. The van der Waals surface area contributed by atoms with E-state index >= 15 is 0 Å². The molecular formula is C21H14Cl3N3O2S. The number of ether oxygens (including phenoxy) is 1. The summed E-state index contributed by atoms with van der Waals surface area (Å²) < 4.78 is 5.80. The molecule has 0 unspecified atom stereocenters. The third-order valence-corrected chi connectivity index (χ3v) is 5.56. The molecular weight excluding hydrogens is 465 g/mol. The predicted molar refractivity (Wildman–Crippen MR) is 120 cm³/mol. The van der Waals surface area contributed by atoms with Crippen LogP contribution < -0.4 is 15.2 Å². The van der Waals surface area contributed by atoms with Crippen LogP contribution in [0.4, 0.5) is 0 Å². The van der Waals surface area contributed by atoms with E-state index in [1.807, 2.05) is 6.07 Å². The van der Waals surface area contributed by atoms with Gasteiger partial charge in [0.05, 0.1) is 21.7 Å². The molecule has 0 fully saturated rings. The minimum Gasteiger partial charge on any atom is -0.456 e. The predicted octanol–water partition coefficient (Wildman–Crippen LogP) is 6.21. The van der Waals surface area contributed by atoms with Gasteiger partial charge < -0.3 is 10.1 Å². The minimum atomic E-state index is -0.270. The third kappa shape index (κ3) is 5.60. The van der Waals surface area contributed by atoms with Crippen LogP contribution in [0.3, 0.4) is 0 Å². The molecule has 3 rings (SSSR count). The summed E-state index contributed by atoms with van der Waals surface area (Å²) in [6, 6.07) is 16.7. The Morgan fingerprint density at radius 1 is 1.07 bits per heavy atom. The highest BCUT2D eigenvalue weighted by Gasteiger charge is 2.11. The molecule has 0 radical (unpaired) electrons. The Bertz CT molecular complexity index is 1150. The van der Waals surface area contributed by atoms with Crippen LogP contribution in [0.2, 0.25) is 15.1 Å². The van der Waals surface area contributed by atoms with Crippen molar-refractivity contribution in [2.75, 3.05) is 0 Å². The van der Waals surface area contributed by atoms with Gasteiger partial charge in [0.15, 0.2) is 0 Å². The first-order chi connectivity index (χ1) is 14.4. The number of halogens is 3. The fourth-order valence-electron chi connectivity index (χ4n) is 2.57. The van der Waals surface area contributed by atoms with Crippen LogP contribution in [0.15, 0.2) is 59.5 Å². The summed E-state index contributed by atoms with van der Waals surface area (Å²) in [7, 11) is 0. The van der Waals surface area contributed by atoms with E-state index in [0.29, 0.717) is 42.6 Å². The molecule has 0 saturated heterocycles. The number of nitrogens with two attached hydrogens (primary N) is 1. The van der Waals surface area contributed by atoms with Gasteiger partial charge in [-0.25, -0.2) is 0 Å². The van der Waals surface area contributed by atoms with E-state index in [4.69, 9.17) is 49.9 Å². The summed E-state index contributed by atoms with van der Waals surface area (Å²) in [6.45, 7) is 0.249. The van der Waals surface area contributed by atoms with E-state index in [-0.39, 0.29) is 12.5 Å². The van der Waals surface area contributed by atoms with E-state index in [2.05, 4.69) is 5.32 Å². The van der Waals surface area contributed by atoms with Crippen molar-refractivity contribution < 1.29 is 9.53 Å². The monoisotopic (exact) mass is 477 g/mol. The number of amides is 1. The fourth-order valence-corrected chi connectivity index (χ4v) is 3.58. The second kappa shape index (κ2) is 10.1. The standard InChI is InChI=1S/C21H14Cl3N3O2S/c22-15-5-13(10-25)6-16(9-15)29-19-7-12(1-3-17(19)23)11-27-21(28)14-2-4-18(24)20(8-14)30-26/h1-9H,11,26H2,(H,27,28). The smallest absolute Gasteiger partial charge is 0.251 e. The number of rotatable bonds is 6. The lowest BCUT2D eigenvalue weighted by molar-refractivity contribution is 0.0950. The summed E-state index contributed by atoms with van der Waals surface area (Å²) in [5, 5.41) is 18.7. The second-order valence-corrected chi connectivity index (χ2v) is 8.03. The molecule has 30 heavy (non-hydrogen) atoms. The van der Waals surface area contributed by atoms with E-state index < -0.39 is 0 Å². The molecule has 0 saturated carbocycles. The van der Waals surface area contributed by atoms with Crippen LogP contribution in [0.5, 0.6) is 11.5 Å². The number of hydrogen-bond donors (Lipinski definition) is 2. The Kier molecular flexibility index (Phi) is 7.48. The zero-order valence-electron chi connectivity index (χ0n) is 15.3. The second-order valence-electron chi connectivity index (χ2n) is 6.10. The van der Waals surface area contributed by atoms with Crippen molar-refractivity contribution in [3.63, 3.8) is 0 Å². The summed E-state index contributed by atoms with van der Waals surface area (Å²) in [5.74, 6) is 0.492. The maximum atomic E-state index is 12.4. The first-order valence-corrected chi connectivity index (χ1v) is 10.5. The van der Waals surface area contributed by atoms with E-state index in [1.54, 1.807) is 48.5 Å². The van der Waals surface area contributed by atoms with Gasteiger partial charge in [0.25, 0.3) is 5.91 Å². The van der Waals surface area contributed by atoms with Crippen molar-refractivity contribution >= 4 is 52.7 Å². The van der Waals surface area contributed by atoms with Gasteiger partial charge in [0.2, 0.25) is 0 Å². The summed E-state index contributed by atoms with van der Waals surface area (Å²) >= 11 is 19.2.